The number of aromatic nitrogens is 2. The van der Waals surface area contributed by atoms with Crippen LogP contribution in [0.15, 0.2) is 73.1 Å². The van der Waals surface area contributed by atoms with Crippen LogP contribution >= 0.6 is 0 Å². The predicted octanol–water partition coefficient (Wildman–Crippen LogP) is 4.05. The first-order chi connectivity index (χ1) is 14.1. The first kappa shape index (κ1) is 18.4. The molecule has 0 atom stereocenters. The molecule has 0 aliphatic rings. The first-order valence-electron chi connectivity index (χ1n) is 9.26. The zero-order valence-corrected chi connectivity index (χ0v) is 15.9. The van der Waals surface area contributed by atoms with Crippen LogP contribution < -0.4 is 10.6 Å². The van der Waals surface area contributed by atoms with Crippen LogP contribution in [-0.2, 0) is 6.54 Å². The Labute approximate surface area is 168 Å². The van der Waals surface area contributed by atoms with Gasteiger partial charge in [-0.05, 0) is 61.0 Å². The number of carbonyl (C=O) groups excluding carboxylic acids is 2. The van der Waals surface area contributed by atoms with Crippen molar-refractivity contribution >= 4 is 28.4 Å². The Balaban J connectivity index is 1.46. The number of pyridine rings is 1. The Morgan fingerprint density at radius 3 is 2.45 bits per heavy atom. The summed E-state index contributed by atoms with van der Waals surface area (Å²) in [6.45, 7) is 2.40. The maximum atomic E-state index is 12.4. The highest BCUT2D eigenvalue weighted by Gasteiger charge is 2.11. The standard InChI is InChI=1S/C23H20N4O2/c1-15-2-4-17(5-3-15)22(28)26-19-6-7-20-18(12-19)13-21(27-20)23(29)25-14-16-8-10-24-11-9-16/h2-13,27H,14H2,1H3,(H,25,29)(H,26,28). The molecule has 4 rings (SSSR count). The molecule has 29 heavy (non-hydrogen) atoms. The number of nitrogens with zero attached hydrogens (tertiary/aromatic N) is 1. The molecule has 0 spiro atoms. The summed E-state index contributed by atoms with van der Waals surface area (Å²) in [6.07, 6.45) is 3.38. The largest absolute Gasteiger partial charge is 0.351 e. The molecule has 0 bridgehead atoms. The van der Waals surface area contributed by atoms with Crippen molar-refractivity contribution in [1.82, 2.24) is 15.3 Å². The number of fused-ring (bicyclic) bond motifs is 1. The molecular weight excluding hydrogens is 364 g/mol. The quantitative estimate of drug-likeness (QED) is 0.485. The van der Waals surface area contributed by atoms with Gasteiger partial charge in [-0.2, -0.15) is 0 Å². The summed E-state index contributed by atoms with van der Waals surface area (Å²) in [7, 11) is 0. The van der Waals surface area contributed by atoms with Gasteiger partial charge < -0.3 is 15.6 Å². The van der Waals surface area contributed by atoms with Crippen molar-refractivity contribution in [3.8, 4) is 0 Å². The predicted molar refractivity (Wildman–Crippen MR) is 113 cm³/mol. The van der Waals surface area contributed by atoms with Gasteiger partial charge in [-0.25, -0.2) is 0 Å². The SMILES string of the molecule is Cc1ccc(C(=O)Nc2ccc3[nH]c(C(=O)NCc4ccncc4)cc3c2)cc1. The Morgan fingerprint density at radius 1 is 0.931 bits per heavy atom. The lowest BCUT2D eigenvalue weighted by Crippen LogP contribution is -2.23. The number of rotatable bonds is 5. The number of aromatic amines is 1. The number of hydrogen-bond acceptors (Lipinski definition) is 3. The first-order valence-corrected chi connectivity index (χ1v) is 9.26. The van der Waals surface area contributed by atoms with Crippen molar-refractivity contribution in [1.29, 1.82) is 0 Å². The van der Waals surface area contributed by atoms with E-state index in [2.05, 4.69) is 20.6 Å². The van der Waals surface area contributed by atoms with Crippen LogP contribution in [0.1, 0.15) is 32.0 Å². The zero-order valence-electron chi connectivity index (χ0n) is 15.9. The van der Waals surface area contributed by atoms with E-state index in [1.807, 2.05) is 49.4 Å². The lowest BCUT2D eigenvalue weighted by atomic mass is 10.1. The summed E-state index contributed by atoms with van der Waals surface area (Å²) < 4.78 is 0. The minimum absolute atomic E-state index is 0.171. The Bertz CT molecular complexity index is 1160. The van der Waals surface area contributed by atoms with E-state index in [4.69, 9.17) is 0 Å². The number of carbonyl (C=O) groups is 2. The maximum Gasteiger partial charge on any atom is 0.267 e. The molecule has 0 saturated carbocycles. The lowest BCUT2D eigenvalue weighted by molar-refractivity contribution is 0.0946. The fourth-order valence-corrected chi connectivity index (χ4v) is 3.02. The number of nitrogens with one attached hydrogen (secondary N) is 3. The third-order valence-corrected chi connectivity index (χ3v) is 4.64. The highest BCUT2D eigenvalue weighted by atomic mass is 16.2. The van der Waals surface area contributed by atoms with E-state index in [1.165, 1.54) is 0 Å². The van der Waals surface area contributed by atoms with Crippen LogP contribution in [0, 0.1) is 6.92 Å². The van der Waals surface area contributed by atoms with Gasteiger partial charge in [-0.3, -0.25) is 14.6 Å². The average molecular weight is 384 g/mol. The summed E-state index contributed by atoms with van der Waals surface area (Å²) in [5, 5.41) is 6.62. The number of anilines is 1. The molecule has 3 N–H and O–H groups in total. The van der Waals surface area contributed by atoms with E-state index in [9.17, 15) is 9.59 Å². The second kappa shape index (κ2) is 7.98. The van der Waals surface area contributed by atoms with Crippen molar-refractivity contribution in [3.63, 3.8) is 0 Å². The van der Waals surface area contributed by atoms with Gasteiger partial charge >= 0.3 is 0 Å². The fourth-order valence-electron chi connectivity index (χ4n) is 3.02. The molecule has 0 aliphatic heterocycles. The van der Waals surface area contributed by atoms with E-state index in [1.54, 1.807) is 30.6 Å². The van der Waals surface area contributed by atoms with Crippen molar-refractivity contribution in [2.45, 2.75) is 13.5 Å². The second-order valence-electron chi connectivity index (χ2n) is 6.84. The molecule has 6 heteroatoms. The van der Waals surface area contributed by atoms with Crippen molar-refractivity contribution in [2.75, 3.05) is 5.32 Å². The molecule has 2 aromatic heterocycles. The maximum absolute atomic E-state index is 12.4. The van der Waals surface area contributed by atoms with Crippen LogP contribution in [0.5, 0.6) is 0 Å². The Morgan fingerprint density at radius 2 is 1.69 bits per heavy atom. The Hall–Kier alpha value is -3.93. The van der Waals surface area contributed by atoms with Gasteiger partial charge in [0.1, 0.15) is 5.69 Å². The van der Waals surface area contributed by atoms with E-state index in [-0.39, 0.29) is 11.8 Å². The summed E-state index contributed by atoms with van der Waals surface area (Å²) in [4.78, 5) is 31.9. The van der Waals surface area contributed by atoms with Gasteiger partial charge in [0, 0.05) is 41.1 Å². The van der Waals surface area contributed by atoms with E-state index in [0.717, 1.165) is 22.0 Å². The minimum Gasteiger partial charge on any atom is -0.351 e. The third-order valence-electron chi connectivity index (χ3n) is 4.64. The molecule has 2 aromatic carbocycles. The van der Waals surface area contributed by atoms with Crippen LogP contribution in [0.2, 0.25) is 0 Å². The smallest absolute Gasteiger partial charge is 0.267 e. The Kier molecular flexibility index (Phi) is 5.07. The summed E-state index contributed by atoms with van der Waals surface area (Å²) in [6, 6.07) is 18.4. The van der Waals surface area contributed by atoms with Gasteiger partial charge in [-0.15, -0.1) is 0 Å². The number of hydrogen-bond donors (Lipinski definition) is 3. The van der Waals surface area contributed by atoms with E-state index in [0.29, 0.717) is 23.5 Å². The van der Waals surface area contributed by atoms with E-state index >= 15 is 0 Å². The molecule has 0 aliphatic carbocycles. The highest BCUT2D eigenvalue weighted by Crippen LogP contribution is 2.21. The monoisotopic (exact) mass is 384 g/mol. The van der Waals surface area contributed by atoms with Gasteiger partial charge in [-0.1, -0.05) is 17.7 Å². The normalized spacial score (nSPS) is 10.7. The molecule has 2 amide bonds. The van der Waals surface area contributed by atoms with Gasteiger partial charge in [0.05, 0.1) is 0 Å². The van der Waals surface area contributed by atoms with Crippen LogP contribution in [-0.4, -0.2) is 21.8 Å². The molecule has 2 heterocycles. The highest BCUT2D eigenvalue weighted by molar-refractivity contribution is 6.05. The fraction of sp³-hybridized carbons (Fsp3) is 0.0870. The zero-order chi connectivity index (χ0) is 20.2. The topological polar surface area (TPSA) is 86.9 Å². The molecule has 144 valence electrons. The molecule has 0 fully saturated rings. The number of benzene rings is 2. The van der Waals surface area contributed by atoms with Crippen molar-refractivity contribution in [2.24, 2.45) is 0 Å². The van der Waals surface area contributed by atoms with Crippen molar-refractivity contribution in [3.05, 3.63) is 95.4 Å². The summed E-state index contributed by atoms with van der Waals surface area (Å²) in [5.41, 5.74) is 4.64. The van der Waals surface area contributed by atoms with Gasteiger partial charge in [0.2, 0.25) is 0 Å². The lowest BCUT2D eigenvalue weighted by Gasteiger charge is -2.05. The molecule has 0 unspecified atom stereocenters. The molecule has 0 saturated heterocycles. The van der Waals surface area contributed by atoms with Crippen LogP contribution in [0.3, 0.4) is 0 Å². The third kappa shape index (κ3) is 4.32. The van der Waals surface area contributed by atoms with Crippen molar-refractivity contribution < 1.29 is 9.59 Å². The van der Waals surface area contributed by atoms with Crippen LogP contribution in [0.4, 0.5) is 5.69 Å². The van der Waals surface area contributed by atoms with Crippen LogP contribution in [0.25, 0.3) is 10.9 Å². The van der Waals surface area contributed by atoms with E-state index < -0.39 is 0 Å². The minimum atomic E-state index is -0.191. The van der Waals surface area contributed by atoms with Gasteiger partial charge in [0.15, 0.2) is 0 Å². The molecular formula is C23H20N4O2. The molecule has 0 radical (unpaired) electrons. The summed E-state index contributed by atoms with van der Waals surface area (Å²) >= 11 is 0. The van der Waals surface area contributed by atoms with Gasteiger partial charge in [0.25, 0.3) is 11.8 Å². The molecule has 4 aromatic rings. The average Bonchev–Trinajstić information content (AvgIpc) is 3.17. The number of H-pyrrole nitrogens is 1. The number of amides is 2. The second-order valence-corrected chi connectivity index (χ2v) is 6.84. The number of aryl methyl sites for hydroxylation is 1. The molecule has 6 nitrogen and oxygen atoms in total. The summed E-state index contributed by atoms with van der Waals surface area (Å²) in [5.74, 6) is -0.363.